The molecule has 0 saturated carbocycles. The SMILES string of the molecule is CC1(C)C(/C=C/C2=C(c3ccc(C(=O)O)cc3)C(=C/C=C3/N(CCCCS(=O)(=O)[O-])c4ccc(S(=O)(=O)[O-])cc4C3(C)C)/CCC2)=[N+](CCCCS(=O)(=O)[O-])c2ccc(S(=O)(=O)[O-])cc21.[Na+].[Na+].[Na+]. The molecular weight excluding hydrogens is 990 g/mol. The Kier molecular flexibility index (Phi) is 20.8. The van der Waals surface area contributed by atoms with Gasteiger partial charge in [-0.05, 0) is 129 Å². The summed E-state index contributed by atoms with van der Waals surface area (Å²) < 4.78 is 143. The summed E-state index contributed by atoms with van der Waals surface area (Å²) in [6.45, 7) is 8.01. The van der Waals surface area contributed by atoms with Crippen LogP contribution in [-0.4, -0.2) is 97.8 Å². The molecule has 1 aliphatic carbocycles. The average Bonchev–Trinajstić information content (AvgIpc) is 3.55. The molecule has 0 fully saturated rings. The van der Waals surface area contributed by atoms with Gasteiger partial charge in [-0.15, -0.1) is 0 Å². The molecule has 2 heterocycles. The minimum atomic E-state index is -4.81. The smallest absolute Gasteiger partial charge is 0.748 e. The number of nitrogens with zero attached hydrogens (tertiary/aromatic N) is 2. The Morgan fingerprint density at radius 3 is 1.81 bits per heavy atom. The number of carbonyl (C=O) groups is 1. The molecular formula is C45H49N2Na3O14S4. The Morgan fingerprint density at radius 1 is 0.691 bits per heavy atom. The molecule has 0 spiro atoms. The molecule has 0 radical (unpaired) electrons. The summed E-state index contributed by atoms with van der Waals surface area (Å²) in [5.74, 6) is -2.24. The van der Waals surface area contributed by atoms with Crippen molar-refractivity contribution < 1.29 is 155 Å². The fourth-order valence-corrected chi connectivity index (χ4v) is 11.1. The number of hydrogen-bond donors (Lipinski definition) is 1. The molecule has 68 heavy (non-hydrogen) atoms. The van der Waals surface area contributed by atoms with Crippen LogP contribution in [-0.2, 0) is 51.3 Å². The summed E-state index contributed by atoms with van der Waals surface area (Å²) in [4.78, 5) is 13.0. The van der Waals surface area contributed by atoms with Crippen LogP contribution >= 0.6 is 0 Å². The Labute approximate surface area is 465 Å². The van der Waals surface area contributed by atoms with Gasteiger partial charge in [0.15, 0.2) is 5.71 Å². The van der Waals surface area contributed by atoms with Gasteiger partial charge in [-0.25, -0.2) is 38.5 Å². The van der Waals surface area contributed by atoms with Gasteiger partial charge in [0.2, 0.25) is 5.69 Å². The summed E-state index contributed by atoms with van der Waals surface area (Å²) in [6, 6.07) is 14.6. The van der Waals surface area contributed by atoms with Crippen molar-refractivity contribution in [1.29, 1.82) is 0 Å². The molecule has 3 aromatic carbocycles. The van der Waals surface area contributed by atoms with E-state index in [-0.39, 0.29) is 120 Å². The molecule has 3 aromatic rings. The van der Waals surface area contributed by atoms with E-state index < -0.39 is 78.6 Å². The number of rotatable bonds is 17. The van der Waals surface area contributed by atoms with Crippen LogP contribution in [0.2, 0.25) is 0 Å². The van der Waals surface area contributed by atoms with Crippen molar-refractivity contribution in [1.82, 2.24) is 0 Å². The topological polar surface area (TPSA) is 272 Å². The maximum atomic E-state index is 12.1. The Balaban J connectivity index is 0.00000408. The molecule has 3 aliphatic rings. The van der Waals surface area contributed by atoms with Crippen LogP contribution in [0.15, 0.2) is 112 Å². The van der Waals surface area contributed by atoms with Gasteiger partial charge in [-0.2, -0.15) is 4.58 Å². The first-order chi connectivity index (χ1) is 30.1. The maximum Gasteiger partial charge on any atom is 1.00 e. The Bertz CT molecular complexity index is 3050. The number of unbranched alkanes of at least 4 members (excludes halogenated alkanes) is 2. The molecule has 0 aromatic heterocycles. The number of fused-ring (bicyclic) bond motifs is 2. The second-order valence-corrected chi connectivity index (χ2v) is 23.2. The molecule has 0 bridgehead atoms. The molecule has 23 heteroatoms. The van der Waals surface area contributed by atoms with Crippen molar-refractivity contribution in [2.75, 3.05) is 29.5 Å². The quantitative estimate of drug-likeness (QED) is 0.0612. The van der Waals surface area contributed by atoms with E-state index >= 15 is 0 Å². The number of hydrogen-bond acceptors (Lipinski definition) is 14. The molecule has 350 valence electrons. The van der Waals surface area contributed by atoms with Crippen molar-refractivity contribution >= 4 is 69.1 Å². The van der Waals surface area contributed by atoms with Crippen molar-refractivity contribution in [3.63, 3.8) is 0 Å². The first kappa shape index (κ1) is 60.5. The van der Waals surface area contributed by atoms with Crippen molar-refractivity contribution in [2.45, 2.75) is 93.3 Å². The summed E-state index contributed by atoms with van der Waals surface area (Å²) in [5, 5.41) is 9.71. The van der Waals surface area contributed by atoms with Crippen molar-refractivity contribution in [3.05, 3.63) is 124 Å². The molecule has 0 unspecified atom stereocenters. The number of allylic oxidation sites excluding steroid dienone is 8. The minimum absolute atomic E-state index is 0. The Hall–Kier alpha value is -1.80. The summed E-state index contributed by atoms with van der Waals surface area (Å²) >= 11 is 0. The fraction of sp³-hybridized carbons (Fsp3) is 0.378. The first-order valence-corrected chi connectivity index (χ1v) is 26.7. The van der Waals surface area contributed by atoms with Crippen LogP contribution in [0, 0.1) is 0 Å². The maximum absolute atomic E-state index is 12.1. The molecule has 16 nitrogen and oxygen atoms in total. The fourth-order valence-electron chi connectivity index (χ4n) is 8.97. The standard InChI is InChI=1S/C45H52N2O14S4.3Na/c1-44(2)36-28-34(64(56,57)58)18-20-38(36)46(24-5-7-26-62(50,51)52)40(44)22-16-30-10-9-11-31(42(30)32-12-14-33(15-13-32)43(48)49)17-23-41-45(3,4)37-29-35(65(59,60)61)19-21-39(37)47(41)25-6-8-27-63(53,54)55;;;/h12-23,28-29H,5-11,24-27H2,1-4H3,(H4-,48,49,50,51,52,53,54,55,56,57,58,59,60,61);;;/q;3*+1/p-3. The average molecular weight is 1040 g/mol. The third-order valence-corrected chi connectivity index (χ3v) is 15.4. The van der Waals surface area contributed by atoms with Crippen LogP contribution in [0.1, 0.15) is 99.7 Å². The van der Waals surface area contributed by atoms with Gasteiger partial charge in [-0.3, -0.25) is 0 Å². The summed E-state index contributed by atoms with van der Waals surface area (Å²) in [6.07, 6.45) is 10.2. The van der Waals surface area contributed by atoms with E-state index in [0.717, 1.165) is 16.7 Å². The van der Waals surface area contributed by atoms with E-state index in [0.29, 0.717) is 71.6 Å². The van der Waals surface area contributed by atoms with Gasteiger partial charge in [-0.1, -0.05) is 38.1 Å². The summed E-state index contributed by atoms with van der Waals surface area (Å²) in [5.41, 5.74) is 5.29. The predicted octanol–water partition coefficient (Wildman–Crippen LogP) is -2.97. The normalized spacial score (nSPS) is 18.0. The zero-order valence-electron chi connectivity index (χ0n) is 39.1. The number of benzene rings is 3. The van der Waals surface area contributed by atoms with E-state index in [4.69, 9.17) is 0 Å². The molecule has 0 saturated heterocycles. The Morgan fingerprint density at radius 2 is 1.25 bits per heavy atom. The van der Waals surface area contributed by atoms with Gasteiger partial charge >= 0.3 is 94.6 Å². The van der Waals surface area contributed by atoms with Crippen LogP contribution in [0.5, 0.6) is 0 Å². The molecule has 2 aliphatic heterocycles. The van der Waals surface area contributed by atoms with Gasteiger partial charge in [0.1, 0.15) is 26.8 Å². The van der Waals surface area contributed by atoms with Crippen molar-refractivity contribution in [2.24, 2.45) is 0 Å². The van der Waals surface area contributed by atoms with E-state index in [1.54, 1.807) is 12.1 Å². The van der Waals surface area contributed by atoms with Gasteiger partial charge < -0.3 is 28.2 Å². The van der Waals surface area contributed by atoms with E-state index in [2.05, 4.69) is 0 Å². The zero-order valence-corrected chi connectivity index (χ0v) is 48.4. The molecule has 1 N–H and O–H groups in total. The van der Waals surface area contributed by atoms with Crippen LogP contribution in [0.3, 0.4) is 0 Å². The van der Waals surface area contributed by atoms with Gasteiger partial charge in [0.05, 0.1) is 41.0 Å². The third kappa shape index (κ3) is 14.2. The van der Waals surface area contributed by atoms with Crippen LogP contribution < -0.4 is 93.6 Å². The zero-order chi connectivity index (χ0) is 47.9. The summed E-state index contributed by atoms with van der Waals surface area (Å²) in [7, 11) is -18.6. The minimum Gasteiger partial charge on any atom is -0.748 e. The van der Waals surface area contributed by atoms with Crippen LogP contribution in [0.25, 0.3) is 5.57 Å². The number of aromatic carboxylic acids is 1. The molecule has 0 amide bonds. The monoisotopic (exact) mass is 1040 g/mol. The first-order valence-electron chi connectivity index (χ1n) is 20.8. The second-order valence-electron chi connectivity index (χ2n) is 17.4. The molecule has 0 atom stereocenters. The second kappa shape index (κ2) is 23.4. The van der Waals surface area contributed by atoms with E-state index in [9.17, 15) is 61.8 Å². The predicted molar refractivity (Wildman–Crippen MR) is 239 cm³/mol. The molecule has 6 rings (SSSR count). The number of carboxylic acid groups (broad SMARTS) is 1. The van der Waals surface area contributed by atoms with Crippen LogP contribution in [0.4, 0.5) is 11.4 Å². The van der Waals surface area contributed by atoms with Crippen molar-refractivity contribution in [3.8, 4) is 0 Å². The number of carboxylic acids is 1. The van der Waals surface area contributed by atoms with Gasteiger partial charge in [0.25, 0.3) is 0 Å². The number of anilines is 1. The third-order valence-electron chi connectivity index (χ3n) is 12.2. The largest absolute Gasteiger partial charge is 1.00 e. The van der Waals surface area contributed by atoms with E-state index in [1.165, 1.54) is 48.5 Å². The van der Waals surface area contributed by atoms with Gasteiger partial charge in [0, 0.05) is 59.0 Å². The van der Waals surface area contributed by atoms with E-state index in [1.807, 2.05) is 61.5 Å².